The third-order valence-corrected chi connectivity index (χ3v) is 5.68. The van der Waals surface area contributed by atoms with Crippen LogP contribution in [0.1, 0.15) is 69.7 Å². The fourth-order valence-corrected chi connectivity index (χ4v) is 3.59. The molecular weight excluding hydrogens is 418 g/mol. The number of furan rings is 1. The normalized spacial score (nSPS) is 11.5. The van der Waals surface area contributed by atoms with Crippen LogP contribution in [-0.2, 0) is 11.2 Å². The van der Waals surface area contributed by atoms with Gasteiger partial charge in [0.2, 0.25) is 0 Å². The number of carbonyl (C=O) groups is 3. The molecule has 6 heteroatoms. The van der Waals surface area contributed by atoms with Crippen molar-refractivity contribution in [3.05, 3.63) is 57.5 Å². The van der Waals surface area contributed by atoms with E-state index in [9.17, 15) is 14.4 Å². The van der Waals surface area contributed by atoms with Crippen LogP contribution >= 0.6 is 0 Å². The van der Waals surface area contributed by atoms with E-state index in [1.807, 2.05) is 26.0 Å². The van der Waals surface area contributed by atoms with Crippen molar-refractivity contribution in [2.75, 3.05) is 0 Å². The van der Waals surface area contributed by atoms with E-state index in [0.29, 0.717) is 11.3 Å². The molecule has 0 aliphatic rings. The molecule has 0 saturated heterocycles. The predicted octanol–water partition coefficient (Wildman–Crippen LogP) is 4.96. The third-order valence-electron chi connectivity index (χ3n) is 4.80. The van der Waals surface area contributed by atoms with Gasteiger partial charge < -0.3 is 9.73 Å². The minimum absolute atomic E-state index is 0.130. The second kappa shape index (κ2) is 9.29. The molecule has 5 nitrogen and oxygen atoms in total. The van der Waals surface area contributed by atoms with Crippen molar-refractivity contribution < 1.29 is 18.8 Å². The van der Waals surface area contributed by atoms with Gasteiger partial charge in [-0.15, -0.1) is 5.54 Å². The zero-order valence-electron chi connectivity index (χ0n) is 20.6. The van der Waals surface area contributed by atoms with Crippen molar-refractivity contribution in [1.29, 1.82) is 0 Å². The maximum atomic E-state index is 13.0. The van der Waals surface area contributed by atoms with Gasteiger partial charge in [-0.05, 0) is 70.4 Å². The first-order chi connectivity index (χ1) is 14.6. The van der Waals surface area contributed by atoms with Crippen LogP contribution in [0, 0.1) is 32.2 Å². The highest BCUT2D eigenvalue weighted by Gasteiger charge is 2.26. The molecular formula is C26H33NO4Si. The molecule has 1 aromatic heterocycles. The molecule has 32 heavy (non-hydrogen) atoms. The average molecular weight is 452 g/mol. The van der Waals surface area contributed by atoms with Crippen molar-refractivity contribution in [1.82, 2.24) is 5.32 Å². The van der Waals surface area contributed by atoms with Gasteiger partial charge in [-0.1, -0.05) is 31.6 Å². The highest BCUT2D eigenvalue weighted by molar-refractivity contribution is 6.83. The second-order valence-corrected chi connectivity index (χ2v) is 15.0. The van der Waals surface area contributed by atoms with Gasteiger partial charge >= 0.3 is 0 Å². The summed E-state index contributed by atoms with van der Waals surface area (Å²) in [6.07, 6.45) is 0.158. The second-order valence-electron chi connectivity index (χ2n) is 10.3. The Labute approximate surface area is 192 Å². The number of Topliss-reactive ketones (excluding diaryl/α,β-unsaturated/α-hetero) is 2. The molecule has 1 aromatic carbocycles. The number of hydrogen-bond donors (Lipinski definition) is 1. The highest BCUT2D eigenvalue weighted by atomic mass is 28.3. The van der Waals surface area contributed by atoms with E-state index in [4.69, 9.17) is 4.42 Å². The number of carbonyl (C=O) groups excluding carboxylic acids is 3. The largest absolute Gasteiger partial charge is 0.457 e. The van der Waals surface area contributed by atoms with E-state index in [1.165, 1.54) is 6.07 Å². The van der Waals surface area contributed by atoms with Gasteiger partial charge in [-0.3, -0.25) is 14.4 Å². The highest BCUT2D eigenvalue weighted by Crippen LogP contribution is 2.21. The summed E-state index contributed by atoms with van der Waals surface area (Å²) in [6.45, 7) is 17.6. The first kappa shape index (κ1) is 25.3. The van der Waals surface area contributed by atoms with E-state index in [2.05, 4.69) is 36.4 Å². The van der Waals surface area contributed by atoms with Gasteiger partial charge in [-0.2, -0.15) is 0 Å². The van der Waals surface area contributed by atoms with E-state index in [1.54, 1.807) is 27.7 Å². The Hall–Kier alpha value is -2.91. The topological polar surface area (TPSA) is 76.4 Å². The molecule has 0 radical (unpaired) electrons. The zero-order chi connectivity index (χ0) is 24.4. The predicted molar refractivity (Wildman–Crippen MR) is 130 cm³/mol. The van der Waals surface area contributed by atoms with Gasteiger partial charge in [0, 0.05) is 17.5 Å². The molecule has 1 N–H and O–H groups in total. The van der Waals surface area contributed by atoms with Crippen LogP contribution in [-0.4, -0.2) is 31.1 Å². The first-order valence-corrected chi connectivity index (χ1v) is 14.2. The molecule has 0 unspecified atom stereocenters. The van der Waals surface area contributed by atoms with Gasteiger partial charge in [0.15, 0.2) is 11.5 Å². The quantitative estimate of drug-likeness (QED) is 0.302. The molecule has 2 rings (SSSR count). The Bertz CT molecular complexity index is 1130. The summed E-state index contributed by atoms with van der Waals surface area (Å²) in [6, 6.07) is 5.33. The lowest BCUT2D eigenvalue weighted by Gasteiger charge is -2.19. The minimum Gasteiger partial charge on any atom is -0.457 e. The standard InChI is InChI=1S/C26H33NO4Si/c1-16-12-19(13-20(17(16)2)10-11-32(7,8)9)14-22(28)21-15-23(31-18(21)3)24(29)25(30)27-26(4,5)6/h12-13,15H,14H2,1-9H3,(H,27,30). The number of amides is 1. The molecule has 1 heterocycles. The fourth-order valence-electron chi connectivity index (χ4n) is 3.08. The average Bonchev–Trinajstić information content (AvgIpc) is 3.02. The van der Waals surface area contributed by atoms with Gasteiger partial charge in [0.25, 0.3) is 11.7 Å². The van der Waals surface area contributed by atoms with Crippen molar-refractivity contribution in [3.8, 4) is 11.5 Å². The summed E-state index contributed by atoms with van der Waals surface area (Å²) in [4.78, 5) is 37.6. The lowest BCUT2D eigenvalue weighted by atomic mass is 9.96. The molecule has 0 saturated carbocycles. The fraction of sp³-hybridized carbons (Fsp3) is 0.423. The molecule has 0 fully saturated rings. The van der Waals surface area contributed by atoms with E-state index in [-0.39, 0.29) is 18.0 Å². The number of nitrogens with one attached hydrogen (secondary N) is 1. The van der Waals surface area contributed by atoms with Crippen LogP contribution in [0.5, 0.6) is 0 Å². The summed E-state index contributed by atoms with van der Waals surface area (Å²) in [7, 11) is -1.53. The SMILES string of the molecule is Cc1cc(CC(=O)c2cc(C(=O)C(=O)NC(C)(C)C)oc2C)cc(C#C[Si](C)(C)C)c1C. The Kier molecular flexibility index (Phi) is 7.36. The Morgan fingerprint density at radius 3 is 2.22 bits per heavy atom. The molecule has 1 amide bonds. The Balaban J connectivity index is 2.29. The van der Waals surface area contributed by atoms with Crippen molar-refractivity contribution >= 4 is 25.5 Å². The summed E-state index contributed by atoms with van der Waals surface area (Å²) < 4.78 is 5.46. The Morgan fingerprint density at radius 2 is 1.66 bits per heavy atom. The van der Waals surface area contributed by atoms with Crippen LogP contribution in [0.2, 0.25) is 19.6 Å². The number of benzene rings is 1. The smallest absolute Gasteiger partial charge is 0.296 e. The van der Waals surface area contributed by atoms with Gasteiger partial charge in [0.1, 0.15) is 13.8 Å². The number of hydrogen-bond acceptors (Lipinski definition) is 4. The van der Waals surface area contributed by atoms with Crippen LogP contribution in [0.4, 0.5) is 0 Å². The third kappa shape index (κ3) is 6.79. The molecule has 0 atom stereocenters. The molecule has 2 aromatic rings. The van der Waals surface area contributed by atoms with Crippen molar-refractivity contribution in [3.63, 3.8) is 0 Å². The van der Waals surface area contributed by atoms with Crippen LogP contribution in [0.25, 0.3) is 0 Å². The maximum absolute atomic E-state index is 13.0. The lowest BCUT2D eigenvalue weighted by Crippen LogP contribution is -2.44. The maximum Gasteiger partial charge on any atom is 0.296 e. The summed E-state index contributed by atoms with van der Waals surface area (Å²) in [5.74, 6) is 1.77. The summed E-state index contributed by atoms with van der Waals surface area (Å²) in [5.41, 5.74) is 7.13. The van der Waals surface area contributed by atoms with Gasteiger partial charge in [-0.25, -0.2) is 0 Å². The monoisotopic (exact) mass is 451 g/mol. The molecule has 0 spiro atoms. The summed E-state index contributed by atoms with van der Waals surface area (Å²) in [5, 5.41) is 2.61. The molecule has 0 bridgehead atoms. The van der Waals surface area contributed by atoms with Crippen LogP contribution < -0.4 is 5.32 Å². The van der Waals surface area contributed by atoms with Crippen molar-refractivity contribution in [2.24, 2.45) is 0 Å². The first-order valence-electron chi connectivity index (χ1n) is 10.7. The van der Waals surface area contributed by atoms with E-state index >= 15 is 0 Å². The van der Waals surface area contributed by atoms with E-state index in [0.717, 1.165) is 22.3 Å². The van der Waals surface area contributed by atoms with E-state index < -0.39 is 25.3 Å². The number of aryl methyl sites for hydroxylation is 2. The molecule has 0 aliphatic heterocycles. The Morgan fingerprint density at radius 1 is 1.03 bits per heavy atom. The van der Waals surface area contributed by atoms with Crippen molar-refractivity contribution in [2.45, 2.75) is 73.1 Å². The number of ketones is 2. The number of rotatable bonds is 5. The minimum atomic E-state index is -1.53. The molecule has 0 aliphatic carbocycles. The lowest BCUT2D eigenvalue weighted by molar-refractivity contribution is -0.118. The van der Waals surface area contributed by atoms with Crippen LogP contribution in [0.15, 0.2) is 22.6 Å². The zero-order valence-corrected chi connectivity index (χ0v) is 21.6. The summed E-state index contributed by atoms with van der Waals surface area (Å²) >= 11 is 0. The van der Waals surface area contributed by atoms with Gasteiger partial charge in [0.05, 0.1) is 5.56 Å². The van der Waals surface area contributed by atoms with Crippen LogP contribution in [0.3, 0.4) is 0 Å². The molecule has 170 valence electrons.